The van der Waals surface area contributed by atoms with Gasteiger partial charge in [0, 0.05) is 6.42 Å². The fourth-order valence-electron chi connectivity index (χ4n) is 3.37. The average Bonchev–Trinajstić information content (AvgIpc) is 2.81. The number of hydrogen-bond acceptors (Lipinski definition) is 7. The van der Waals surface area contributed by atoms with E-state index in [0.29, 0.717) is 6.42 Å². The molecule has 0 aliphatic rings. The summed E-state index contributed by atoms with van der Waals surface area (Å²) in [5.74, 6) is -3.35. The topological polar surface area (TPSA) is 168 Å². The first-order chi connectivity index (χ1) is 16.5. The number of carboxylic acids is 1. The van der Waals surface area contributed by atoms with Crippen LogP contribution in [0.3, 0.4) is 0 Å². The third-order valence-electron chi connectivity index (χ3n) is 5.76. The highest BCUT2D eigenvalue weighted by molar-refractivity contribution is 5.90. The van der Waals surface area contributed by atoms with Gasteiger partial charge in [-0.25, -0.2) is 0 Å². The normalized spacial score (nSPS) is 16.2. The van der Waals surface area contributed by atoms with E-state index in [1.807, 2.05) is 19.9 Å². The first-order valence-corrected chi connectivity index (χ1v) is 12.0. The first kappa shape index (κ1) is 30.1. The quantitative estimate of drug-likeness (QED) is 0.227. The number of carbonyl (C=O) groups excluding carboxylic acids is 3. The summed E-state index contributed by atoms with van der Waals surface area (Å²) in [6.07, 6.45) is 0.506. The van der Waals surface area contributed by atoms with Gasteiger partial charge in [-0.1, -0.05) is 57.0 Å². The van der Waals surface area contributed by atoms with Crippen LogP contribution in [-0.2, 0) is 30.3 Å². The molecule has 10 heteroatoms. The minimum Gasteiger partial charge on any atom is -0.480 e. The zero-order chi connectivity index (χ0) is 26.5. The van der Waals surface area contributed by atoms with E-state index in [2.05, 4.69) is 10.6 Å². The molecule has 6 atom stereocenters. The Morgan fingerprint density at radius 2 is 1.69 bits per heavy atom. The molecule has 1 rings (SSSR count). The number of aliphatic hydroxyl groups excluding tert-OH is 1. The SMILES string of the molecule is CCCC[C@H](C)[C@H](CC(=O)N[C@@H](Cc1ccccc1)C(=O)N[C@@H](C)C(=O)O)OC(=O)[C@H](N)[C@H](C)O. The fraction of sp³-hybridized carbons (Fsp3) is 0.600. The van der Waals surface area contributed by atoms with Crippen LogP contribution >= 0.6 is 0 Å². The van der Waals surface area contributed by atoms with Crippen LogP contribution in [0.2, 0.25) is 0 Å². The molecule has 0 aliphatic heterocycles. The van der Waals surface area contributed by atoms with Crippen LogP contribution in [0.4, 0.5) is 0 Å². The van der Waals surface area contributed by atoms with Crippen LogP contribution in [0.5, 0.6) is 0 Å². The van der Waals surface area contributed by atoms with E-state index >= 15 is 0 Å². The molecule has 0 unspecified atom stereocenters. The number of nitrogens with two attached hydrogens (primary N) is 1. The van der Waals surface area contributed by atoms with E-state index in [1.54, 1.807) is 24.3 Å². The summed E-state index contributed by atoms with van der Waals surface area (Å²) in [6, 6.07) is 5.58. The second kappa shape index (κ2) is 15.1. The van der Waals surface area contributed by atoms with Gasteiger partial charge in [-0.05, 0) is 31.7 Å². The van der Waals surface area contributed by atoms with E-state index in [-0.39, 0.29) is 18.8 Å². The zero-order valence-electron chi connectivity index (χ0n) is 20.9. The summed E-state index contributed by atoms with van der Waals surface area (Å²) in [5.41, 5.74) is 6.47. The Morgan fingerprint density at radius 1 is 1.06 bits per heavy atom. The number of aliphatic carboxylic acids is 1. The minimum absolute atomic E-state index is 0.146. The van der Waals surface area contributed by atoms with Crippen molar-refractivity contribution in [1.29, 1.82) is 0 Å². The molecule has 6 N–H and O–H groups in total. The van der Waals surface area contributed by atoms with Crippen molar-refractivity contribution in [3.05, 3.63) is 35.9 Å². The molecule has 0 aliphatic carbocycles. The van der Waals surface area contributed by atoms with Gasteiger partial charge in [-0.3, -0.25) is 19.2 Å². The number of esters is 1. The summed E-state index contributed by atoms with van der Waals surface area (Å²) in [5, 5.41) is 23.8. The van der Waals surface area contributed by atoms with E-state index in [4.69, 9.17) is 15.6 Å². The van der Waals surface area contributed by atoms with Gasteiger partial charge in [0.05, 0.1) is 12.5 Å². The average molecular weight is 494 g/mol. The maximum atomic E-state index is 13.0. The minimum atomic E-state index is -1.24. The molecule has 0 spiro atoms. The molecular formula is C25H39N3O7. The third kappa shape index (κ3) is 10.9. The van der Waals surface area contributed by atoms with Crippen LogP contribution < -0.4 is 16.4 Å². The van der Waals surface area contributed by atoms with Gasteiger partial charge in [-0.15, -0.1) is 0 Å². The third-order valence-corrected chi connectivity index (χ3v) is 5.76. The maximum Gasteiger partial charge on any atom is 0.325 e. The van der Waals surface area contributed by atoms with Crippen LogP contribution in [-0.4, -0.2) is 64.3 Å². The Bertz CT molecular complexity index is 832. The molecule has 1 aromatic carbocycles. The maximum absolute atomic E-state index is 13.0. The lowest BCUT2D eigenvalue weighted by atomic mass is 9.95. The molecule has 0 saturated heterocycles. The van der Waals surface area contributed by atoms with E-state index in [1.165, 1.54) is 13.8 Å². The molecule has 0 bridgehead atoms. The Morgan fingerprint density at radius 3 is 2.23 bits per heavy atom. The molecule has 10 nitrogen and oxygen atoms in total. The predicted octanol–water partition coefficient (Wildman–Crippen LogP) is 1.14. The Labute approximate surface area is 206 Å². The molecule has 1 aromatic rings. The number of ether oxygens (including phenoxy) is 1. The number of aliphatic hydroxyl groups is 1. The van der Waals surface area contributed by atoms with Crippen molar-refractivity contribution >= 4 is 23.8 Å². The molecule has 35 heavy (non-hydrogen) atoms. The molecule has 2 amide bonds. The van der Waals surface area contributed by atoms with Gasteiger partial charge in [0.15, 0.2) is 0 Å². The number of nitrogens with one attached hydrogen (secondary N) is 2. The Hall–Kier alpha value is -2.98. The summed E-state index contributed by atoms with van der Waals surface area (Å²) in [4.78, 5) is 49.3. The second-order valence-electron chi connectivity index (χ2n) is 8.94. The van der Waals surface area contributed by atoms with Crippen molar-refractivity contribution in [1.82, 2.24) is 10.6 Å². The number of unbranched alkanes of at least 4 members (excludes halogenated alkanes) is 1. The van der Waals surface area contributed by atoms with Crippen molar-refractivity contribution in [2.24, 2.45) is 11.7 Å². The van der Waals surface area contributed by atoms with Crippen LogP contribution in [0.1, 0.15) is 58.9 Å². The summed E-state index contributed by atoms with van der Waals surface area (Å²) in [6.45, 7) is 6.59. The number of rotatable bonds is 15. The Kier molecular flexibility index (Phi) is 13.0. The second-order valence-corrected chi connectivity index (χ2v) is 8.94. The molecule has 0 saturated carbocycles. The Balaban J connectivity index is 3.01. The first-order valence-electron chi connectivity index (χ1n) is 12.0. The lowest BCUT2D eigenvalue weighted by molar-refractivity contribution is -0.157. The zero-order valence-corrected chi connectivity index (χ0v) is 20.9. The van der Waals surface area contributed by atoms with Crippen molar-refractivity contribution in [3.63, 3.8) is 0 Å². The fourth-order valence-corrected chi connectivity index (χ4v) is 3.37. The molecule has 0 aromatic heterocycles. The van der Waals surface area contributed by atoms with E-state index < -0.39 is 54.1 Å². The molecule has 0 fully saturated rings. The smallest absolute Gasteiger partial charge is 0.325 e. The monoisotopic (exact) mass is 493 g/mol. The lowest BCUT2D eigenvalue weighted by Gasteiger charge is -2.27. The highest BCUT2D eigenvalue weighted by atomic mass is 16.5. The highest BCUT2D eigenvalue weighted by Crippen LogP contribution is 2.19. The van der Waals surface area contributed by atoms with Crippen LogP contribution in [0.25, 0.3) is 0 Å². The lowest BCUT2D eigenvalue weighted by Crippen LogP contribution is -2.52. The largest absolute Gasteiger partial charge is 0.480 e. The number of carbonyl (C=O) groups is 4. The summed E-state index contributed by atoms with van der Waals surface area (Å²) >= 11 is 0. The number of benzene rings is 1. The highest BCUT2D eigenvalue weighted by Gasteiger charge is 2.31. The van der Waals surface area contributed by atoms with Crippen molar-refractivity contribution in [3.8, 4) is 0 Å². The molecule has 0 heterocycles. The van der Waals surface area contributed by atoms with Gasteiger partial charge in [0.2, 0.25) is 11.8 Å². The molecular weight excluding hydrogens is 454 g/mol. The van der Waals surface area contributed by atoms with Gasteiger partial charge in [-0.2, -0.15) is 0 Å². The predicted molar refractivity (Wildman–Crippen MR) is 130 cm³/mol. The van der Waals surface area contributed by atoms with E-state index in [9.17, 15) is 24.3 Å². The number of carboxylic acid groups (broad SMARTS) is 1. The van der Waals surface area contributed by atoms with Crippen LogP contribution in [0.15, 0.2) is 30.3 Å². The summed E-state index contributed by atoms with van der Waals surface area (Å²) in [7, 11) is 0. The van der Waals surface area contributed by atoms with E-state index in [0.717, 1.165) is 18.4 Å². The van der Waals surface area contributed by atoms with Gasteiger partial charge in [0.1, 0.15) is 24.2 Å². The van der Waals surface area contributed by atoms with Crippen molar-refractivity contribution in [2.75, 3.05) is 0 Å². The molecule has 0 radical (unpaired) electrons. The van der Waals surface area contributed by atoms with Gasteiger partial charge >= 0.3 is 11.9 Å². The van der Waals surface area contributed by atoms with Crippen LogP contribution in [0, 0.1) is 5.92 Å². The van der Waals surface area contributed by atoms with Gasteiger partial charge in [0.25, 0.3) is 0 Å². The number of hydrogen-bond donors (Lipinski definition) is 5. The van der Waals surface area contributed by atoms with Crippen molar-refractivity contribution < 1.29 is 34.1 Å². The summed E-state index contributed by atoms with van der Waals surface area (Å²) < 4.78 is 5.50. The van der Waals surface area contributed by atoms with Gasteiger partial charge < -0.3 is 31.3 Å². The molecule has 196 valence electrons. The standard InChI is InChI=1S/C25H39N3O7/c1-5-6-10-15(2)20(35-25(34)22(26)17(4)29)14-21(30)28-19(13-18-11-8-7-9-12-18)23(31)27-16(3)24(32)33/h7-9,11-12,15-17,19-20,22,29H,5-6,10,13-14,26H2,1-4H3,(H,27,31)(H,28,30)(H,32,33)/t15-,16-,17-,19-,20-,22+/m0/s1. The van der Waals surface area contributed by atoms with Crippen molar-refractivity contribution in [2.45, 2.75) is 90.1 Å². The number of amides is 2.